The lowest BCUT2D eigenvalue weighted by atomic mass is 10.1. The fourth-order valence-electron chi connectivity index (χ4n) is 2.88. The van der Waals surface area contributed by atoms with Crippen LogP contribution in [0.4, 0.5) is 14.5 Å². The highest BCUT2D eigenvalue weighted by atomic mass is 127. The molecule has 0 aliphatic rings. The van der Waals surface area contributed by atoms with Crippen LogP contribution < -0.4 is 25.0 Å². The number of alkyl halides is 2. The summed E-state index contributed by atoms with van der Waals surface area (Å²) in [6, 6.07) is 13.4. The Bertz CT molecular complexity index is 818. The van der Waals surface area contributed by atoms with Crippen molar-refractivity contribution >= 4 is 35.6 Å². The van der Waals surface area contributed by atoms with Crippen LogP contribution in [0.1, 0.15) is 18.1 Å². The van der Waals surface area contributed by atoms with Crippen LogP contribution in [0.5, 0.6) is 11.5 Å². The van der Waals surface area contributed by atoms with E-state index in [9.17, 15) is 8.78 Å². The molecule has 9 heteroatoms. The third-order valence-corrected chi connectivity index (χ3v) is 4.40. The molecule has 31 heavy (non-hydrogen) atoms. The SMILES string of the molecule is CCOc1cccc(CNC(=NC)NCCc2ccc(N(C)C)cc2)c1OC(F)F.I. The Kier molecular flexibility index (Phi) is 12.0. The zero-order chi connectivity index (χ0) is 21.9. The van der Waals surface area contributed by atoms with Crippen LogP contribution in [0.3, 0.4) is 0 Å². The van der Waals surface area contributed by atoms with Crippen molar-refractivity contribution in [3.63, 3.8) is 0 Å². The van der Waals surface area contributed by atoms with Crippen LogP contribution in [-0.4, -0.2) is 46.9 Å². The molecule has 172 valence electrons. The van der Waals surface area contributed by atoms with Crippen molar-refractivity contribution in [2.24, 2.45) is 4.99 Å². The average Bonchev–Trinajstić information content (AvgIpc) is 2.72. The van der Waals surface area contributed by atoms with Gasteiger partial charge in [0, 0.05) is 45.5 Å². The number of rotatable bonds is 10. The zero-order valence-electron chi connectivity index (χ0n) is 18.3. The highest BCUT2D eigenvalue weighted by Gasteiger charge is 2.16. The van der Waals surface area contributed by atoms with E-state index in [4.69, 9.17) is 9.47 Å². The smallest absolute Gasteiger partial charge is 0.387 e. The molecule has 0 heterocycles. The lowest BCUT2D eigenvalue weighted by Gasteiger charge is -2.17. The summed E-state index contributed by atoms with van der Waals surface area (Å²) in [6.45, 7) is 0.161. The van der Waals surface area contributed by atoms with Gasteiger partial charge in [-0.15, -0.1) is 24.0 Å². The number of para-hydroxylation sites is 1. The van der Waals surface area contributed by atoms with E-state index in [1.165, 1.54) is 5.56 Å². The van der Waals surface area contributed by atoms with Crippen molar-refractivity contribution < 1.29 is 18.3 Å². The molecule has 0 amide bonds. The molecule has 2 rings (SSSR count). The number of hydrogen-bond acceptors (Lipinski definition) is 4. The Labute approximate surface area is 200 Å². The lowest BCUT2D eigenvalue weighted by Crippen LogP contribution is -2.38. The van der Waals surface area contributed by atoms with E-state index in [2.05, 4.69) is 44.8 Å². The monoisotopic (exact) mass is 548 g/mol. The Morgan fingerprint density at radius 3 is 2.39 bits per heavy atom. The molecule has 0 radical (unpaired) electrons. The Morgan fingerprint density at radius 1 is 1.10 bits per heavy atom. The van der Waals surface area contributed by atoms with E-state index in [0.717, 1.165) is 12.1 Å². The van der Waals surface area contributed by atoms with Crippen molar-refractivity contribution in [2.45, 2.75) is 26.5 Å². The summed E-state index contributed by atoms with van der Waals surface area (Å²) in [5, 5.41) is 6.36. The van der Waals surface area contributed by atoms with Crippen LogP contribution in [0, 0.1) is 0 Å². The maximum Gasteiger partial charge on any atom is 0.387 e. The fraction of sp³-hybridized carbons (Fsp3) is 0.409. The van der Waals surface area contributed by atoms with Gasteiger partial charge in [-0.1, -0.05) is 24.3 Å². The summed E-state index contributed by atoms with van der Waals surface area (Å²) in [6.07, 6.45) is 0.827. The minimum Gasteiger partial charge on any atom is -0.490 e. The second-order valence-corrected chi connectivity index (χ2v) is 6.72. The van der Waals surface area contributed by atoms with Gasteiger partial charge in [0.05, 0.1) is 6.61 Å². The van der Waals surface area contributed by atoms with Crippen LogP contribution >= 0.6 is 24.0 Å². The van der Waals surface area contributed by atoms with Crippen LogP contribution in [-0.2, 0) is 13.0 Å². The van der Waals surface area contributed by atoms with E-state index >= 15 is 0 Å². The molecule has 6 nitrogen and oxygen atoms in total. The van der Waals surface area contributed by atoms with Gasteiger partial charge in [-0.25, -0.2) is 0 Å². The first kappa shape index (κ1) is 26.7. The number of anilines is 1. The van der Waals surface area contributed by atoms with Crippen molar-refractivity contribution in [3.8, 4) is 11.5 Å². The van der Waals surface area contributed by atoms with Gasteiger partial charge in [-0.3, -0.25) is 4.99 Å². The number of halogens is 3. The molecule has 2 aromatic rings. The van der Waals surface area contributed by atoms with Gasteiger partial charge in [0.15, 0.2) is 17.5 Å². The van der Waals surface area contributed by atoms with Gasteiger partial charge in [0.2, 0.25) is 0 Å². The van der Waals surface area contributed by atoms with Gasteiger partial charge in [0.1, 0.15) is 0 Å². The second kappa shape index (κ2) is 13.9. The van der Waals surface area contributed by atoms with Gasteiger partial charge >= 0.3 is 6.61 Å². The molecule has 0 aliphatic heterocycles. The van der Waals surface area contributed by atoms with Gasteiger partial charge in [-0.05, 0) is 37.1 Å². The Morgan fingerprint density at radius 2 is 1.81 bits per heavy atom. The predicted octanol–water partition coefficient (Wildman–Crippen LogP) is 4.28. The molecule has 0 unspecified atom stereocenters. The van der Waals surface area contributed by atoms with Crippen LogP contribution in [0.2, 0.25) is 0 Å². The number of nitrogens with zero attached hydrogens (tertiary/aromatic N) is 2. The van der Waals surface area contributed by atoms with Crippen molar-refractivity contribution in [2.75, 3.05) is 39.2 Å². The third-order valence-electron chi connectivity index (χ3n) is 4.40. The molecule has 0 aromatic heterocycles. The molecular weight excluding hydrogens is 517 g/mol. The molecular formula is C22H31F2IN4O2. The molecule has 2 N–H and O–H groups in total. The molecule has 0 saturated carbocycles. The summed E-state index contributed by atoms with van der Waals surface area (Å²) in [7, 11) is 5.68. The maximum atomic E-state index is 12.8. The normalized spacial score (nSPS) is 11.0. The maximum absolute atomic E-state index is 12.8. The predicted molar refractivity (Wildman–Crippen MR) is 132 cm³/mol. The molecule has 0 aliphatic carbocycles. The first-order valence-electron chi connectivity index (χ1n) is 9.84. The summed E-state index contributed by atoms with van der Waals surface area (Å²) < 4.78 is 35.8. The summed E-state index contributed by atoms with van der Waals surface area (Å²) in [4.78, 5) is 6.24. The minimum absolute atomic E-state index is 0. The number of ether oxygens (including phenoxy) is 2. The number of nitrogens with one attached hydrogen (secondary N) is 2. The number of aliphatic imine (C=N–C) groups is 1. The van der Waals surface area contributed by atoms with E-state index < -0.39 is 6.61 Å². The van der Waals surface area contributed by atoms with Crippen molar-refractivity contribution in [3.05, 3.63) is 53.6 Å². The second-order valence-electron chi connectivity index (χ2n) is 6.72. The fourth-order valence-corrected chi connectivity index (χ4v) is 2.88. The summed E-state index contributed by atoms with van der Waals surface area (Å²) in [5.41, 5.74) is 2.92. The number of hydrogen-bond donors (Lipinski definition) is 2. The van der Waals surface area contributed by atoms with E-state index in [-0.39, 0.29) is 36.3 Å². The first-order chi connectivity index (χ1) is 14.4. The van der Waals surface area contributed by atoms with Crippen molar-refractivity contribution in [1.29, 1.82) is 0 Å². The molecule has 2 aromatic carbocycles. The topological polar surface area (TPSA) is 58.1 Å². The summed E-state index contributed by atoms with van der Waals surface area (Å²) in [5.74, 6) is 0.907. The Balaban J connectivity index is 0.00000480. The zero-order valence-corrected chi connectivity index (χ0v) is 20.7. The number of benzene rings is 2. The largest absolute Gasteiger partial charge is 0.490 e. The molecule has 0 bridgehead atoms. The highest BCUT2D eigenvalue weighted by molar-refractivity contribution is 14.0. The van der Waals surface area contributed by atoms with Crippen LogP contribution in [0.15, 0.2) is 47.5 Å². The quantitative estimate of drug-likeness (QED) is 0.264. The first-order valence-corrected chi connectivity index (χ1v) is 9.84. The van der Waals surface area contributed by atoms with Gasteiger partial charge in [-0.2, -0.15) is 8.78 Å². The highest BCUT2D eigenvalue weighted by Crippen LogP contribution is 2.32. The molecule has 0 atom stereocenters. The van der Waals surface area contributed by atoms with Crippen LogP contribution in [0.25, 0.3) is 0 Å². The standard InChI is InChI=1S/C22H30F2N4O2.HI/c1-5-29-19-8-6-7-17(20(19)30-21(23)24)15-27-22(25-2)26-14-13-16-9-11-18(12-10-16)28(3)4;/h6-12,21H,5,13-15H2,1-4H3,(H2,25,26,27);1H. The molecule has 0 saturated heterocycles. The third kappa shape index (κ3) is 8.76. The molecule has 0 fully saturated rings. The van der Waals surface area contributed by atoms with Gasteiger partial charge < -0.3 is 25.0 Å². The van der Waals surface area contributed by atoms with E-state index in [1.807, 2.05) is 14.1 Å². The minimum atomic E-state index is -2.93. The van der Waals surface area contributed by atoms with E-state index in [0.29, 0.717) is 30.4 Å². The Hall–Kier alpha value is -2.30. The molecule has 0 spiro atoms. The number of guanidine groups is 1. The average molecular weight is 548 g/mol. The lowest BCUT2D eigenvalue weighted by molar-refractivity contribution is -0.0520. The van der Waals surface area contributed by atoms with Gasteiger partial charge in [0.25, 0.3) is 0 Å². The van der Waals surface area contributed by atoms with E-state index in [1.54, 1.807) is 32.2 Å². The summed E-state index contributed by atoms with van der Waals surface area (Å²) >= 11 is 0. The van der Waals surface area contributed by atoms with Crippen molar-refractivity contribution in [1.82, 2.24) is 10.6 Å².